The fourth-order valence-electron chi connectivity index (χ4n) is 1.61. The van der Waals surface area contributed by atoms with Crippen molar-refractivity contribution >= 4 is 0 Å². The largest absolute Gasteiger partial charge is 0.311 e. The van der Waals surface area contributed by atoms with E-state index >= 15 is 0 Å². The van der Waals surface area contributed by atoms with E-state index in [0.717, 1.165) is 12.6 Å². The normalized spacial score (nSPS) is 18.2. The lowest BCUT2D eigenvalue weighted by Gasteiger charge is -2.25. The van der Waals surface area contributed by atoms with Gasteiger partial charge in [0.15, 0.2) is 0 Å². The SMILES string of the molecule is CCN(CCNC(C)(C)C)C1CC1. The third-order valence-corrected chi connectivity index (χ3v) is 2.52. The molecule has 13 heavy (non-hydrogen) atoms. The molecule has 2 nitrogen and oxygen atoms in total. The zero-order chi connectivity index (χ0) is 9.90. The molecule has 0 aromatic heterocycles. The number of nitrogens with zero attached hydrogens (tertiary/aromatic N) is 1. The molecule has 0 spiro atoms. The first-order chi connectivity index (χ1) is 6.03. The second kappa shape index (κ2) is 4.43. The van der Waals surface area contributed by atoms with Crippen LogP contribution in [0.1, 0.15) is 40.5 Å². The van der Waals surface area contributed by atoms with E-state index in [1.165, 1.54) is 25.9 Å². The molecular weight excluding hydrogens is 160 g/mol. The highest BCUT2D eigenvalue weighted by molar-refractivity contribution is 4.84. The van der Waals surface area contributed by atoms with Crippen molar-refractivity contribution in [1.82, 2.24) is 10.2 Å². The maximum absolute atomic E-state index is 3.53. The standard InChI is InChI=1S/C11H24N2/c1-5-13(10-6-7-10)9-8-12-11(2,3)4/h10,12H,5-9H2,1-4H3. The van der Waals surface area contributed by atoms with Gasteiger partial charge in [-0.15, -0.1) is 0 Å². The molecule has 0 saturated heterocycles. The van der Waals surface area contributed by atoms with Gasteiger partial charge in [0.2, 0.25) is 0 Å². The van der Waals surface area contributed by atoms with Gasteiger partial charge in [-0.25, -0.2) is 0 Å². The van der Waals surface area contributed by atoms with Crippen LogP contribution in [-0.4, -0.2) is 36.1 Å². The van der Waals surface area contributed by atoms with Gasteiger partial charge in [-0.1, -0.05) is 6.92 Å². The van der Waals surface area contributed by atoms with Gasteiger partial charge >= 0.3 is 0 Å². The van der Waals surface area contributed by atoms with E-state index in [2.05, 4.69) is 37.9 Å². The molecule has 1 saturated carbocycles. The minimum atomic E-state index is 0.267. The van der Waals surface area contributed by atoms with Gasteiger partial charge in [-0.05, 0) is 40.2 Å². The first kappa shape index (κ1) is 11.0. The Morgan fingerprint density at radius 1 is 1.31 bits per heavy atom. The summed E-state index contributed by atoms with van der Waals surface area (Å²) in [5, 5.41) is 3.53. The van der Waals surface area contributed by atoms with Gasteiger partial charge in [0.25, 0.3) is 0 Å². The topological polar surface area (TPSA) is 15.3 Å². The summed E-state index contributed by atoms with van der Waals surface area (Å²) < 4.78 is 0. The van der Waals surface area contributed by atoms with Crippen LogP contribution in [0.2, 0.25) is 0 Å². The Labute approximate surface area is 82.7 Å². The summed E-state index contributed by atoms with van der Waals surface area (Å²) in [6.45, 7) is 12.5. The van der Waals surface area contributed by atoms with Crippen molar-refractivity contribution in [2.75, 3.05) is 19.6 Å². The summed E-state index contributed by atoms with van der Waals surface area (Å²) in [6.07, 6.45) is 2.84. The first-order valence-electron chi connectivity index (χ1n) is 5.52. The maximum Gasteiger partial charge on any atom is 0.0110 e. The Bertz CT molecular complexity index is 145. The van der Waals surface area contributed by atoms with E-state index in [1.807, 2.05) is 0 Å². The van der Waals surface area contributed by atoms with Crippen LogP contribution in [0.25, 0.3) is 0 Å². The predicted octanol–water partition coefficient (Wildman–Crippen LogP) is 1.86. The molecule has 1 aliphatic rings. The van der Waals surface area contributed by atoms with Gasteiger partial charge in [0.05, 0.1) is 0 Å². The van der Waals surface area contributed by atoms with Crippen molar-refractivity contribution in [3.8, 4) is 0 Å². The molecule has 1 N–H and O–H groups in total. The number of likely N-dealkylation sites (N-methyl/N-ethyl adjacent to an activating group) is 1. The fraction of sp³-hybridized carbons (Fsp3) is 1.00. The zero-order valence-electron chi connectivity index (χ0n) is 9.56. The molecule has 0 radical (unpaired) electrons. The minimum absolute atomic E-state index is 0.267. The molecule has 0 bridgehead atoms. The number of hydrogen-bond donors (Lipinski definition) is 1. The van der Waals surface area contributed by atoms with E-state index in [4.69, 9.17) is 0 Å². The van der Waals surface area contributed by atoms with Crippen LogP contribution in [0, 0.1) is 0 Å². The van der Waals surface area contributed by atoms with Crippen LogP contribution in [0.15, 0.2) is 0 Å². The number of hydrogen-bond acceptors (Lipinski definition) is 2. The van der Waals surface area contributed by atoms with Crippen molar-refractivity contribution < 1.29 is 0 Å². The summed E-state index contributed by atoms with van der Waals surface area (Å²) in [6, 6.07) is 0.909. The molecule has 2 heteroatoms. The van der Waals surface area contributed by atoms with Crippen LogP contribution in [0.5, 0.6) is 0 Å². The average Bonchev–Trinajstić information content (AvgIpc) is 2.78. The van der Waals surface area contributed by atoms with E-state index < -0.39 is 0 Å². The van der Waals surface area contributed by atoms with E-state index in [-0.39, 0.29) is 5.54 Å². The summed E-state index contributed by atoms with van der Waals surface area (Å²) in [7, 11) is 0. The molecule has 0 aromatic rings. The van der Waals surface area contributed by atoms with Gasteiger partial charge in [-0.2, -0.15) is 0 Å². The molecule has 0 aromatic carbocycles. The lowest BCUT2D eigenvalue weighted by Crippen LogP contribution is -2.41. The molecule has 0 aliphatic heterocycles. The van der Waals surface area contributed by atoms with E-state index in [1.54, 1.807) is 0 Å². The second-order valence-corrected chi connectivity index (χ2v) is 5.04. The fourth-order valence-corrected chi connectivity index (χ4v) is 1.61. The molecule has 78 valence electrons. The summed E-state index contributed by atoms with van der Waals surface area (Å²) in [4.78, 5) is 2.58. The van der Waals surface area contributed by atoms with Crippen molar-refractivity contribution in [3.63, 3.8) is 0 Å². The highest BCUT2D eigenvalue weighted by Crippen LogP contribution is 2.25. The summed E-state index contributed by atoms with van der Waals surface area (Å²) in [5.41, 5.74) is 0.267. The van der Waals surface area contributed by atoms with E-state index in [9.17, 15) is 0 Å². The molecule has 1 rings (SSSR count). The van der Waals surface area contributed by atoms with Crippen molar-refractivity contribution in [2.24, 2.45) is 0 Å². The summed E-state index contributed by atoms with van der Waals surface area (Å²) in [5.74, 6) is 0. The molecule has 0 heterocycles. The molecule has 0 amide bonds. The highest BCUT2D eigenvalue weighted by Gasteiger charge is 2.27. The predicted molar refractivity (Wildman–Crippen MR) is 58.0 cm³/mol. The molecule has 0 unspecified atom stereocenters. The second-order valence-electron chi connectivity index (χ2n) is 5.04. The van der Waals surface area contributed by atoms with Crippen LogP contribution in [-0.2, 0) is 0 Å². The minimum Gasteiger partial charge on any atom is -0.311 e. The van der Waals surface area contributed by atoms with Crippen molar-refractivity contribution in [2.45, 2.75) is 52.1 Å². The van der Waals surface area contributed by atoms with Crippen LogP contribution in [0.3, 0.4) is 0 Å². The van der Waals surface area contributed by atoms with Gasteiger partial charge < -0.3 is 5.32 Å². The molecule has 1 aliphatic carbocycles. The monoisotopic (exact) mass is 184 g/mol. The third kappa shape index (κ3) is 4.63. The zero-order valence-corrected chi connectivity index (χ0v) is 9.56. The molecule has 0 atom stereocenters. The van der Waals surface area contributed by atoms with Crippen LogP contribution < -0.4 is 5.32 Å². The smallest absolute Gasteiger partial charge is 0.0110 e. The average molecular weight is 184 g/mol. The maximum atomic E-state index is 3.53. The highest BCUT2D eigenvalue weighted by atomic mass is 15.2. The third-order valence-electron chi connectivity index (χ3n) is 2.52. The van der Waals surface area contributed by atoms with Crippen LogP contribution >= 0.6 is 0 Å². The number of nitrogens with one attached hydrogen (secondary N) is 1. The Hall–Kier alpha value is -0.0800. The quantitative estimate of drug-likeness (QED) is 0.701. The Morgan fingerprint density at radius 2 is 1.92 bits per heavy atom. The first-order valence-corrected chi connectivity index (χ1v) is 5.52. The Balaban J connectivity index is 2.09. The summed E-state index contributed by atoms with van der Waals surface area (Å²) >= 11 is 0. The number of rotatable bonds is 5. The molecule has 1 fully saturated rings. The van der Waals surface area contributed by atoms with Gasteiger partial charge in [-0.3, -0.25) is 4.90 Å². The molecular formula is C11H24N2. The van der Waals surface area contributed by atoms with Crippen molar-refractivity contribution in [3.05, 3.63) is 0 Å². The van der Waals surface area contributed by atoms with Crippen molar-refractivity contribution in [1.29, 1.82) is 0 Å². The van der Waals surface area contributed by atoms with Gasteiger partial charge in [0, 0.05) is 24.7 Å². The van der Waals surface area contributed by atoms with Crippen LogP contribution in [0.4, 0.5) is 0 Å². The van der Waals surface area contributed by atoms with E-state index in [0.29, 0.717) is 0 Å². The lowest BCUT2D eigenvalue weighted by atomic mass is 10.1. The lowest BCUT2D eigenvalue weighted by molar-refractivity contribution is 0.264. The Kier molecular flexibility index (Phi) is 3.74. The van der Waals surface area contributed by atoms with Gasteiger partial charge in [0.1, 0.15) is 0 Å². The Morgan fingerprint density at radius 3 is 2.31 bits per heavy atom.